The van der Waals surface area contributed by atoms with Crippen molar-refractivity contribution in [2.24, 2.45) is 0 Å². The molecule has 0 atom stereocenters. The van der Waals surface area contributed by atoms with E-state index in [2.05, 4.69) is 4.18 Å². The number of halogens is 3. The molecule has 0 spiro atoms. The Morgan fingerprint density at radius 2 is 1.77 bits per heavy atom. The number of hydrogen-bond acceptors (Lipinski definition) is 4. The van der Waals surface area contributed by atoms with Crippen molar-refractivity contribution in [3.63, 3.8) is 0 Å². The van der Waals surface area contributed by atoms with Crippen LogP contribution < -0.4 is 0 Å². The molecule has 0 saturated carbocycles. The first-order valence-electron chi connectivity index (χ1n) is 3.38. The number of aliphatic hydroxyl groups is 1. The summed E-state index contributed by atoms with van der Waals surface area (Å²) in [5, 5.41) is 8.23. The fraction of sp³-hybridized carbons (Fsp3) is 1.00. The third kappa shape index (κ3) is 4.44. The summed E-state index contributed by atoms with van der Waals surface area (Å²) in [7, 11) is -5.46. The summed E-state index contributed by atoms with van der Waals surface area (Å²) in [6.45, 7) is -0.780. The van der Waals surface area contributed by atoms with Gasteiger partial charge < -0.3 is 5.11 Å². The Kier molecular flexibility index (Phi) is 4.65. The SMILES string of the molecule is O=S(=O)(OCCCCO)C(F)(F)F. The van der Waals surface area contributed by atoms with Crippen molar-refractivity contribution in [2.75, 3.05) is 13.2 Å². The van der Waals surface area contributed by atoms with E-state index in [0.29, 0.717) is 0 Å². The van der Waals surface area contributed by atoms with Crippen LogP contribution in [0.4, 0.5) is 13.2 Å². The van der Waals surface area contributed by atoms with Crippen LogP contribution in [-0.4, -0.2) is 32.2 Å². The molecule has 0 heterocycles. The Morgan fingerprint density at radius 3 is 2.15 bits per heavy atom. The highest BCUT2D eigenvalue weighted by Gasteiger charge is 2.47. The molecule has 8 heteroatoms. The van der Waals surface area contributed by atoms with Crippen molar-refractivity contribution in [1.29, 1.82) is 0 Å². The summed E-state index contributed by atoms with van der Waals surface area (Å²) >= 11 is 0. The standard InChI is InChI=1S/C5H9F3O4S/c6-5(7,8)13(10,11)12-4-2-1-3-9/h9H,1-4H2. The first-order chi connectivity index (χ1) is 5.81. The van der Waals surface area contributed by atoms with E-state index in [9.17, 15) is 21.6 Å². The van der Waals surface area contributed by atoms with Crippen molar-refractivity contribution < 1.29 is 30.9 Å². The van der Waals surface area contributed by atoms with E-state index < -0.39 is 22.2 Å². The van der Waals surface area contributed by atoms with E-state index in [0.717, 1.165) is 0 Å². The number of alkyl halides is 3. The van der Waals surface area contributed by atoms with Crippen LogP contribution in [0, 0.1) is 0 Å². The molecule has 0 aliphatic heterocycles. The lowest BCUT2D eigenvalue weighted by Gasteiger charge is -2.07. The molecule has 0 rings (SSSR count). The first-order valence-corrected chi connectivity index (χ1v) is 4.78. The molecule has 1 N–H and O–H groups in total. The van der Waals surface area contributed by atoms with Gasteiger partial charge in [-0.05, 0) is 12.8 Å². The molecule has 0 unspecified atom stereocenters. The topological polar surface area (TPSA) is 63.6 Å². The maximum Gasteiger partial charge on any atom is 0.523 e. The van der Waals surface area contributed by atoms with Crippen molar-refractivity contribution in [3.05, 3.63) is 0 Å². The largest absolute Gasteiger partial charge is 0.523 e. The number of rotatable bonds is 5. The molecule has 0 aliphatic rings. The van der Waals surface area contributed by atoms with Gasteiger partial charge in [0.05, 0.1) is 6.61 Å². The Balaban J connectivity index is 3.92. The summed E-state index contributed by atoms with van der Waals surface area (Å²) in [4.78, 5) is 0. The van der Waals surface area contributed by atoms with Gasteiger partial charge in [-0.25, -0.2) is 0 Å². The second-order valence-electron chi connectivity index (χ2n) is 2.15. The summed E-state index contributed by atoms with van der Waals surface area (Å²) in [6, 6.07) is 0. The highest BCUT2D eigenvalue weighted by Crippen LogP contribution is 2.24. The predicted octanol–water partition coefficient (Wildman–Crippen LogP) is 0.625. The van der Waals surface area contributed by atoms with Gasteiger partial charge in [0.1, 0.15) is 0 Å². The molecular formula is C5H9F3O4S. The molecule has 0 amide bonds. The molecule has 80 valence electrons. The Labute approximate surface area is 73.4 Å². The lowest BCUT2D eigenvalue weighted by Crippen LogP contribution is -2.25. The Hall–Kier alpha value is -0.340. The average molecular weight is 222 g/mol. The zero-order valence-electron chi connectivity index (χ0n) is 6.54. The van der Waals surface area contributed by atoms with E-state index in [1.54, 1.807) is 0 Å². The zero-order chi connectivity index (χ0) is 10.5. The summed E-state index contributed by atoms with van der Waals surface area (Å²) in [5.41, 5.74) is -5.37. The fourth-order valence-corrected chi connectivity index (χ4v) is 0.920. The molecule has 0 aromatic heterocycles. The zero-order valence-corrected chi connectivity index (χ0v) is 7.36. The molecule has 0 bridgehead atoms. The molecule has 13 heavy (non-hydrogen) atoms. The molecule has 0 aromatic rings. The normalized spacial score (nSPS) is 13.2. The van der Waals surface area contributed by atoms with Crippen LogP contribution in [0.25, 0.3) is 0 Å². The second kappa shape index (κ2) is 4.77. The molecule has 0 aromatic carbocycles. The van der Waals surface area contributed by atoms with Crippen LogP contribution in [0.15, 0.2) is 0 Å². The quantitative estimate of drug-likeness (QED) is 0.421. The minimum Gasteiger partial charge on any atom is -0.396 e. The lowest BCUT2D eigenvalue weighted by atomic mass is 10.3. The first kappa shape index (κ1) is 12.7. The van der Waals surface area contributed by atoms with Gasteiger partial charge in [-0.2, -0.15) is 21.6 Å². The van der Waals surface area contributed by atoms with Crippen LogP contribution in [0.2, 0.25) is 0 Å². The van der Waals surface area contributed by atoms with Gasteiger partial charge in [0.2, 0.25) is 0 Å². The van der Waals surface area contributed by atoms with Gasteiger partial charge in [-0.1, -0.05) is 0 Å². The third-order valence-electron chi connectivity index (χ3n) is 1.07. The van der Waals surface area contributed by atoms with Crippen LogP contribution in [-0.2, 0) is 14.3 Å². The molecular weight excluding hydrogens is 213 g/mol. The van der Waals surface area contributed by atoms with Gasteiger partial charge in [-0.3, -0.25) is 4.18 Å². The van der Waals surface area contributed by atoms with Gasteiger partial charge in [0.25, 0.3) is 0 Å². The van der Waals surface area contributed by atoms with Crippen LogP contribution in [0.5, 0.6) is 0 Å². The number of unbranched alkanes of at least 4 members (excludes halogenated alkanes) is 1. The van der Waals surface area contributed by atoms with E-state index in [4.69, 9.17) is 5.11 Å². The molecule has 4 nitrogen and oxygen atoms in total. The molecule has 0 aliphatic carbocycles. The van der Waals surface area contributed by atoms with Crippen LogP contribution in [0.1, 0.15) is 12.8 Å². The maximum absolute atomic E-state index is 11.6. The number of aliphatic hydroxyl groups excluding tert-OH is 1. The smallest absolute Gasteiger partial charge is 0.396 e. The molecule has 0 fully saturated rings. The van der Waals surface area contributed by atoms with E-state index in [1.807, 2.05) is 0 Å². The minimum atomic E-state index is -5.46. The highest BCUT2D eigenvalue weighted by atomic mass is 32.2. The second-order valence-corrected chi connectivity index (χ2v) is 3.76. The minimum absolute atomic E-state index is 0.0613. The average Bonchev–Trinajstić information content (AvgIpc) is 1.96. The van der Waals surface area contributed by atoms with Gasteiger partial charge in [0.15, 0.2) is 0 Å². The molecule has 0 radical (unpaired) electrons. The molecule has 0 saturated heterocycles. The van der Waals surface area contributed by atoms with Crippen LogP contribution in [0.3, 0.4) is 0 Å². The van der Waals surface area contributed by atoms with Gasteiger partial charge >= 0.3 is 15.6 Å². The fourth-order valence-electron chi connectivity index (χ4n) is 0.449. The third-order valence-corrected chi connectivity index (χ3v) is 2.12. The van der Waals surface area contributed by atoms with E-state index in [-0.39, 0.29) is 19.4 Å². The Morgan fingerprint density at radius 1 is 1.23 bits per heavy atom. The summed E-state index contributed by atoms with van der Waals surface area (Å²) < 4.78 is 58.8. The number of hydrogen-bond donors (Lipinski definition) is 1. The van der Waals surface area contributed by atoms with Crippen molar-refractivity contribution in [2.45, 2.75) is 18.3 Å². The van der Waals surface area contributed by atoms with E-state index in [1.165, 1.54) is 0 Å². The predicted molar refractivity (Wildman–Crippen MR) is 37.2 cm³/mol. The lowest BCUT2D eigenvalue weighted by molar-refractivity contribution is -0.0543. The summed E-state index contributed by atoms with van der Waals surface area (Å²) in [5.74, 6) is 0. The van der Waals surface area contributed by atoms with E-state index >= 15 is 0 Å². The van der Waals surface area contributed by atoms with Gasteiger partial charge in [-0.15, -0.1) is 0 Å². The van der Waals surface area contributed by atoms with Crippen molar-refractivity contribution in [1.82, 2.24) is 0 Å². The summed E-state index contributed by atoms with van der Waals surface area (Å²) in [6.07, 6.45) is 0.263. The van der Waals surface area contributed by atoms with Crippen molar-refractivity contribution >= 4 is 10.1 Å². The monoisotopic (exact) mass is 222 g/mol. The maximum atomic E-state index is 11.6. The van der Waals surface area contributed by atoms with Crippen molar-refractivity contribution in [3.8, 4) is 0 Å². The van der Waals surface area contributed by atoms with Crippen LogP contribution >= 0.6 is 0 Å². The Bertz CT molecular complexity index is 233. The highest BCUT2D eigenvalue weighted by molar-refractivity contribution is 7.87. The van der Waals surface area contributed by atoms with Gasteiger partial charge in [0, 0.05) is 6.61 Å².